The predicted molar refractivity (Wildman–Crippen MR) is 84.9 cm³/mol. The van der Waals surface area contributed by atoms with Crippen molar-refractivity contribution in [2.24, 2.45) is 5.92 Å². The molecule has 4 heteroatoms. The topological polar surface area (TPSA) is 35.6 Å². The lowest BCUT2D eigenvalue weighted by atomic mass is 10.0. The molecule has 1 fully saturated rings. The van der Waals surface area contributed by atoms with Crippen LogP contribution in [0.4, 0.5) is 0 Å². The molecule has 0 saturated carbocycles. The van der Waals surface area contributed by atoms with E-state index < -0.39 is 0 Å². The zero-order valence-corrected chi connectivity index (χ0v) is 13.7. The number of nitrogens with one attached hydrogen (secondary N) is 1. The highest BCUT2D eigenvalue weighted by Gasteiger charge is 2.14. The molecule has 1 saturated heterocycles. The van der Waals surface area contributed by atoms with Gasteiger partial charge in [0.05, 0.1) is 0 Å². The van der Waals surface area contributed by atoms with Gasteiger partial charge in [-0.1, -0.05) is 20.3 Å². The molecule has 118 valence electrons. The lowest BCUT2D eigenvalue weighted by Gasteiger charge is -2.32. The van der Waals surface area contributed by atoms with Crippen molar-refractivity contribution in [1.82, 2.24) is 15.1 Å². The van der Waals surface area contributed by atoms with Crippen LogP contribution in [0.1, 0.15) is 46.0 Å². The summed E-state index contributed by atoms with van der Waals surface area (Å²) in [5.74, 6) is 0.453. The number of amides is 1. The fourth-order valence-electron chi connectivity index (χ4n) is 2.72. The number of hydrogen-bond acceptors (Lipinski definition) is 3. The number of nitrogens with zero attached hydrogens (tertiary/aromatic N) is 2. The molecule has 0 aromatic carbocycles. The molecule has 1 rings (SSSR count). The summed E-state index contributed by atoms with van der Waals surface area (Å²) in [5, 5.41) is 3.07. The Morgan fingerprint density at radius 3 is 2.30 bits per heavy atom. The van der Waals surface area contributed by atoms with Crippen LogP contribution in [0.25, 0.3) is 0 Å². The molecule has 0 atom stereocenters. The molecule has 4 nitrogen and oxygen atoms in total. The van der Waals surface area contributed by atoms with Gasteiger partial charge in [0.15, 0.2) is 0 Å². The van der Waals surface area contributed by atoms with Gasteiger partial charge in [-0.15, -0.1) is 0 Å². The molecule has 0 spiro atoms. The van der Waals surface area contributed by atoms with E-state index in [0.717, 1.165) is 25.8 Å². The van der Waals surface area contributed by atoms with E-state index in [2.05, 4.69) is 36.0 Å². The number of carbonyl (C=O) groups excluding carboxylic acids is 1. The van der Waals surface area contributed by atoms with Gasteiger partial charge in [0, 0.05) is 38.6 Å². The van der Waals surface area contributed by atoms with Crippen LogP contribution in [0.5, 0.6) is 0 Å². The van der Waals surface area contributed by atoms with E-state index in [1.165, 1.54) is 45.6 Å². The number of hydrogen-bond donors (Lipinski definition) is 1. The fraction of sp³-hybridized carbons (Fsp3) is 0.938. The van der Waals surface area contributed by atoms with Crippen LogP contribution in [0.15, 0.2) is 0 Å². The van der Waals surface area contributed by atoms with Crippen LogP contribution in [-0.4, -0.2) is 62.0 Å². The molecule has 1 heterocycles. The lowest BCUT2D eigenvalue weighted by molar-refractivity contribution is -0.125. The predicted octanol–water partition coefficient (Wildman–Crippen LogP) is 1.96. The van der Waals surface area contributed by atoms with Gasteiger partial charge < -0.3 is 15.1 Å². The van der Waals surface area contributed by atoms with Crippen molar-refractivity contribution in [2.45, 2.75) is 46.0 Å². The van der Waals surface area contributed by atoms with Crippen molar-refractivity contribution in [2.75, 3.05) is 46.3 Å². The minimum absolute atomic E-state index is 0.209. The quantitative estimate of drug-likeness (QED) is 0.657. The summed E-state index contributed by atoms with van der Waals surface area (Å²) in [4.78, 5) is 16.7. The second-order valence-electron chi connectivity index (χ2n) is 6.01. The maximum atomic E-state index is 11.8. The van der Waals surface area contributed by atoms with Crippen molar-refractivity contribution >= 4 is 5.91 Å². The van der Waals surface area contributed by atoms with Gasteiger partial charge >= 0.3 is 0 Å². The number of piperazine rings is 1. The highest BCUT2D eigenvalue weighted by molar-refractivity contribution is 5.78. The Labute approximate surface area is 124 Å². The van der Waals surface area contributed by atoms with E-state index in [1.54, 1.807) is 0 Å². The van der Waals surface area contributed by atoms with Gasteiger partial charge in [-0.25, -0.2) is 0 Å². The Morgan fingerprint density at radius 2 is 1.70 bits per heavy atom. The fourth-order valence-corrected chi connectivity index (χ4v) is 2.72. The standard InChI is InChI=1S/C16H33N3O/c1-4-15(5-2)16(20)17-9-7-6-8-10-19-13-11-18(3)12-14-19/h15H,4-14H2,1-3H3,(H,17,20). The second kappa shape index (κ2) is 10.2. The zero-order chi connectivity index (χ0) is 14.8. The van der Waals surface area contributed by atoms with Crippen molar-refractivity contribution in [3.8, 4) is 0 Å². The molecule has 1 N–H and O–H groups in total. The molecule has 0 bridgehead atoms. The number of carbonyl (C=O) groups is 1. The van der Waals surface area contributed by atoms with Gasteiger partial charge in [-0.2, -0.15) is 0 Å². The summed E-state index contributed by atoms with van der Waals surface area (Å²) in [7, 11) is 2.19. The van der Waals surface area contributed by atoms with Gasteiger partial charge in [0.25, 0.3) is 0 Å². The maximum Gasteiger partial charge on any atom is 0.223 e. The Kier molecular flexibility index (Phi) is 8.86. The first-order valence-electron chi connectivity index (χ1n) is 8.36. The van der Waals surface area contributed by atoms with Gasteiger partial charge in [0.2, 0.25) is 5.91 Å². The Hall–Kier alpha value is -0.610. The van der Waals surface area contributed by atoms with Crippen molar-refractivity contribution < 1.29 is 4.79 Å². The first kappa shape index (κ1) is 17.4. The highest BCUT2D eigenvalue weighted by atomic mass is 16.1. The molecular weight excluding hydrogens is 250 g/mol. The van der Waals surface area contributed by atoms with Gasteiger partial charge in [-0.3, -0.25) is 4.79 Å². The zero-order valence-electron chi connectivity index (χ0n) is 13.7. The molecule has 1 aliphatic heterocycles. The summed E-state index contributed by atoms with van der Waals surface area (Å²) in [6.45, 7) is 11.1. The molecule has 0 aliphatic carbocycles. The third-order valence-electron chi connectivity index (χ3n) is 4.40. The van der Waals surface area contributed by atoms with Crippen LogP contribution in [0.2, 0.25) is 0 Å². The highest BCUT2D eigenvalue weighted by Crippen LogP contribution is 2.07. The molecule has 20 heavy (non-hydrogen) atoms. The minimum Gasteiger partial charge on any atom is -0.356 e. The SMILES string of the molecule is CCC(CC)C(=O)NCCCCCN1CCN(C)CC1. The third kappa shape index (κ3) is 6.71. The van der Waals surface area contributed by atoms with Crippen LogP contribution >= 0.6 is 0 Å². The van der Waals surface area contributed by atoms with E-state index in [9.17, 15) is 4.79 Å². The number of likely N-dealkylation sites (N-methyl/N-ethyl adjacent to an activating group) is 1. The first-order valence-corrected chi connectivity index (χ1v) is 8.36. The smallest absolute Gasteiger partial charge is 0.223 e. The van der Waals surface area contributed by atoms with E-state index in [0.29, 0.717) is 0 Å². The third-order valence-corrected chi connectivity index (χ3v) is 4.40. The summed E-state index contributed by atoms with van der Waals surface area (Å²) >= 11 is 0. The monoisotopic (exact) mass is 283 g/mol. The molecule has 0 unspecified atom stereocenters. The summed E-state index contributed by atoms with van der Waals surface area (Å²) < 4.78 is 0. The maximum absolute atomic E-state index is 11.8. The van der Waals surface area contributed by atoms with E-state index in [1.807, 2.05) is 0 Å². The number of rotatable bonds is 9. The van der Waals surface area contributed by atoms with Crippen LogP contribution in [-0.2, 0) is 4.79 Å². The average molecular weight is 283 g/mol. The lowest BCUT2D eigenvalue weighted by Crippen LogP contribution is -2.44. The van der Waals surface area contributed by atoms with E-state index in [-0.39, 0.29) is 11.8 Å². The van der Waals surface area contributed by atoms with Crippen molar-refractivity contribution in [1.29, 1.82) is 0 Å². The summed E-state index contributed by atoms with van der Waals surface area (Å²) in [6, 6.07) is 0. The molecule has 0 aromatic rings. The molecule has 1 amide bonds. The average Bonchev–Trinajstić information content (AvgIpc) is 2.46. The summed E-state index contributed by atoms with van der Waals surface area (Å²) in [6.07, 6.45) is 5.48. The van der Waals surface area contributed by atoms with Crippen LogP contribution in [0, 0.1) is 5.92 Å². The summed E-state index contributed by atoms with van der Waals surface area (Å²) in [5.41, 5.74) is 0. The Balaban J connectivity index is 1.96. The van der Waals surface area contributed by atoms with Crippen LogP contribution in [0.3, 0.4) is 0 Å². The van der Waals surface area contributed by atoms with E-state index in [4.69, 9.17) is 0 Å². The molecule has 1 aliphatic rings. The molecular formula is C16H33N3O. The van der Waals surface area contributed by atoms with E-state index >= 15 is 0 Å². The minimum atomic E-state index is 0.209. The van der Waals surface area contributed by atoms with Crippen molar-refractivity contribution in [3.05, 3.63) is 0 Å². The van der Waals surface area contributed by atoms with Crippen molar-refractivity contribution in [3.63, 3.8) is 0 Å². The second-order valence-corrected chi connectivity index (χ2v) is 6.01. The normalized spacial score (nSPS) is 17.6. The Morgan fingerprint density at radius 1 is 1.05 bits per heavy atom. The Bertz CT molecular complexity index is 258. The largest absolute Gasteiger partial charge is 0.356 e. The molecule has 0 aromatic heterocycles. The van der Waals surface area contributed by atoms with Gasteiger partial charge in [0.1, 0.15) is 0 Å². The van der Waals surface area contributed by atoms with Crippen LogP contribution < -0.4 is 5.32 Å². The van der Waals surface area contributed by atoms with Gasteiger partial charge in [-0.05, 0) is 39.3 Å². The number of unbranched alkanes of at least 4 members (excludes halogenated alkanes) is 2. The molecule has 0 radical (unpaired) electrons. The first-order chi connectivity index (χ1) is 9.67.